The second-order valence-electron chi connectivity index (χ2n) is 4.47. The lowest BCUT2D eigenvalue weighted by atomic mass is 10.1. The van der Waals surface area contributed by atoms with Crippen LogP contribution in [0.4, 0.5) is 0 Å². The molecule has 3 heteroatoms. The summed E-state index contributed by atoms with van der Waals surface area (Å²) in [5, 5.41) is 9.22. The summed E-state index contributed by atoms with van der Waals surface area (Å²) in [6.45, 7) is 8.07. The molecule has 0 bridgehead atoms. The lowest BCUT2D eigenvalue weighted by molar-refractivity contribution is 0.0245. The van der Waals surface area contributed by atoms with Gasteiger partial charge in [0, 0.05) is 25.2 Å². The third-order valence-electron chi connectivity index (χ3n) is 3.25. The van der Waals surface area contributed by atoms with E-state index in [0.717, 1.165) is 13.1 Å². The van der Waals surface area contributed by atoms with Crippen LogP contribution >= 0.6 is 0 Å². The van der Waals surface area contributed by atoms with Crippen molar-refractivity contribution in [2.45, 2.75) is 38.8 Å². The normalized spacial score (nSPS) is 30.9. The number of piperazine rings is 1. The van der Waals surface area contributed by atoms with Crippen LogP contribution in [0, 0.1) is 0 Å². The van der Waals surface area contributed by atoms with Crippen LogP contribution in [0.1, 0.15) is 26.7 Å². The second kappa shape index (κ2) is 5.69. The Bertz CT molecular complexity index is 163. The third kappa shape index (κ3) is 2.94. The Labute approximate surface area is 87.7 Å². The molecular formula is C11H24N2O. The summed E-state index contributed by atoms with van der Waals surface area (Å²) in [7, 11) is 2.11. The van der Waals surface area contributed by atoms with Crippen molar-refractivity contribution in [1.29, 1.82) is 0 Å². The molecule has 1 fully saturated rings. The molecule has 0 aromatic carbocycles. The Morgan fingerprint density at radius 1 is 1.36 bits per heavy atom. The summed E-state index contributed by atoms with van der Waals surface area (Å²) < 4.78 is 0. The summed E-state index contributed by atoms with van der Waals surface area (Å²) in [6.07, 6.45) is 2.52. The van der Waals surface area contributed by atoms with Crippen LogP contribution in [-0.2, 0) is 0 Å². The summed E-state index contributed by atoms with van der Waals surface area (Å²) in [4.78, 5) is 4.78. The summed E-state index contributed by atoms with van der Waals surface area (Å²) >= 11 is 0. The SMILES string of the molecule is CCCCN1CC(CO)N(C)CC1C. The highest BCUT2D eigenvalue weighted by molar-refractivity contribution is 4.84. The van der Waals surface area contributed by atoms with Gasteiger partial charge >= 0.3 is 0 Å². The van der Waals surface area contributed by atoms with Crippen molar-refractivity contribution < 1.29 is 5.11 Å². The zero-order valence-corrected chi connectivity index (χ0v) is 9.74. The molecule has 0 amide bonds. The van der Waals surface area contributed by atoms with Gasteiger partial charge in [-0.1, -0.05) is 13.3 Å². The van der Waals surface area contributed by atoms with Gasteiger partial charge in [0.25, 0.3) is 0 Å². The number of hydrogen-bond acceptors (Lipinski definition) is 3. The molecule has 3 nitrogen and oxygen atoms in total. The number of aliphatic hydroxyl groups is 1. The Kier molecular flexibility index (Phi) is 4.85. The zero-order valence-electron chi connectivity index (χ0n) is 9.74. The molecule has 1 rings (SSSR count). The number of rotatable bonds is 4. The monoisotopic (exact) mass is 200 g/mol. The van der Waals surface area contributed by atoms with E-state index >= 15 is 0 Å². The van der Waals surface area contributed by atoms with Crippen molar-refractivity contribution in [2.75, 3.05) is 33.3 Å². The van der Waals surface area contributed by atoms with Gasteiger partial charge in [-0.25, -0.2) is 0 Å². The van der Waals surface area contributed by atoms with E-state index in [4.69, 9.17) is 0 Å². The first-order valence-electron chi connectivity index (χ1n) is 5.74. The molecule has 0 saturated carbocycles. The molecular weight excluding hydrogens is 176 g/mol. The zero-order chi connectivity index (χ0) is 10.6. The minimum Gasteiger partial charge on any atom is -0.395 e. The predicted molar refractivity (Wildman–Crippen MR) is 59.4 cm³/mol. The maximum atomic E-state index is 9.22. The highest BCUT2D eigenvalue weighted by atomic mass is 16.3. The van der Waals surface area contributed by atoms with Gasteiger partial charge in [-0.15, -0.1) is 0 Å². The molecule has 1 aliphatic heterocycles. The average Bonchev–Trinajstić information content (AvgIpc) is 2.17. The maximum Gasteiger partial charge on any atom is 0.0599 e. The highest BCUT2D eigenvalue weighted by Gasteiger charge is 2.27. The van der Waals surface area contributed by atoms with Crippen molar-refractivity contribution in [3.8, 4) is 0 Å². The van der Waals surface area contributed by atoms with E-state index in [9.17, 15) is 5.11 Å². The molecule has 1 heterocycles. The van der Waals surface area contributed by atoms with Crippen molar-refractivity contribution in [3.63, 3.8) is 0 Å². The number of nitrogens with zero attached hydrogens (tertiary/aromatic N) is 2. The highest BCUT2D eigenvalue weighted by Crippen LogP contribution is 2.13. The van der Waals surface area contributed by atoms with E-state index in [2.05, 4.69) is 30.7 Å². The fourth-order valence-corrected chi connectivity index (χ4v) is 2.14. The number of unbranched alkanes of at least 4 members (excludes halogenated alkanes) is 1. The molecule has 14 heavy (non-hydrogen) atoms. The van der Waals surface area contributed by atoms with E-state index in [0.29, 0.717) is 12.1 Å². The molecule has 0 aliphatic carbocycles. The molecule has 84 valence electrons. The fraction of sp³-hybridized carbons (Fsp3) is 1.00. The van der Waals surface area contributed by atoms with Crippen LogP contribution in [0.3, 0.4) is 0 Å². The van der Waals surface area contributed by atoms with Crippen LogP contribution in [0.15, 0.2) is 0 Å². The second-order valence-corrected chi connectivity index (χ2v) is 4.47. The van der Waals surface area contributed by atoms with Crippen molar-refractivity contribution in [2.24, 2.45) is 0 Å². The number of aliphatic hydroxyl groups excluding tert-OH is 1. The fourth-order valence-electron chi connectivity index (χ4n) is 2.14. The summed E-state index contributed by atoms with van der Waals surface area (Å²) in [6, 6.07) is 0.970. The van der Waals surface area contributed by atoms with Crippen LogP contribution in [0.25, 0.3) is 0 Å². The van der Waals surface area contributed by atoms with Crippen molar-refractivity contribution in [1.82, 2.24) is 9.80 Å². The molecule has 1 saturated heterocycles. The van der Waals surface area contributed by atoms with Crippen LogP contribution in [-0.4, -0.2) is 60.3 Å². The van der Waals surface area contributed by atoms with Crippen LogP contribution in [0.5, 0.6) is 0 Å². The van der Waals surface area contributed by atoms with Crippen molar-refractivity contribution in [3.05, 3.63) is 0 Å². The molecule has 1 aliphatic rings. The van der Waals surface area contributed by atoms with Gasteiger partial charge in [-0.2, -0.15) is 0 Å². The molecule has 0 aromatic heterocycles. The van der Waals surface area contributed by atoms with E-state index in [1.54, 1.807) is 0 Å². The van der Waals surface area contributed by atoms with Gasteiger partial charge in [-0.3, -0.25) is 9.80 Å². The van der Waals surface area contributed by atoms with E-state index < -0.39 is 0 Å². The lowest BCUT2D eigenvalue weighted by Gasteiger charge is -2.43. The molecule has 0 spiro atoms. The maximum absolute atomic E-state index is 9.22. The summed E-state index contributed by atoms with van der Waals surface area (Å²) in [5.41, 5.74) is 0. The predicted octanol–water partition coefficient (Wildman–Crippen LogP) is 0.783. The Morgan fingerprint density at radius 3 is 2.64 bits per heavy atom. The Balaban J connectivity index is 2.42. The quantitative estimate of drug-likeness (QED) is 0.726. The Hall–Kier alpha value is -0.120. The molecule has 2 unspecified atom stereocenters. The largest absolute Gasteiger partial charge is 0.395 e. The summed E-state index contributed by atoms with van der Waals surface area (Å²) in [5.74, 6) is 0. The first kappa shape index (κ1) is 12.0. The van der Waals surface area contributed by atoms with Gasteiger partial charge in [0.15, 0.2) is 0 Å². The minimum atomic E-state index is 0.284. The average molecular weight is 200 g/mol. The van der Waals surface area contributed by atoms with E-state index in [1.807, 2.05) is 0 Å². The van der Waals surface area contributed by atoms with Crippen LogP contribution < -0.4 is 0 Å². The molecule has 1 N–H and O–H groups in total. The van der Waals surface area contributed by atoms with E-state index in [-0.39, 0.29) is 6.61 Å². The Morgan fingerprint density at radius 2 is 2.07 bits per heavy atom. The third-order valence-corrected chi connectivity index (χ3v) is 3.25. The standard InChI is InChI=1S/C11H24N2O/c1-4-5-6-13-8-11(9-14)12(3)7-10(13)2/h10-11,14H,4-9H2,1-3H3. The first-order chi connectivity index (χ1) is 6.69. The molecule has 2 atom stereocenters. The minimum absolute atomic E-state index is 0.284. The smallest absolute Gasteiger partial charge is 0.0599 e. The van der Waals surface area contributed by atoms with Crippen molar-refractivity contribution >= 4 is 0 Å². The molecule has 0 aromatic rings. The lowest BCUT2D eigenvalue weighted by Crippen LogP contribution is -2.57. The van der Waals surface area contributed by atoms with E-state index in [1.165, 1.54) is 19.4 Å². The van der Waals surface area contributed by atoms with Gasteiger partial charge in [-0.05, 0) is 26.9 Å². The molecule has 0 radical (unpaired) electrons. The number of hydrogen-bond donors (Lipinski definition) is 1. The number of likely N-dealkylation sites (N-methyl/N-ethyl adjacent to an activating group) is 1. The first-order valence-corrected chi connectivity index (χ1v) is 5.74. The van der Waals surface area contributed by atoms with Gasteiger partial charge < -0.3 is 5.11 Å². The van der Waals surface area contributed by atoms with Gasteiger partial charge in [0.2, 0.25) is 0 Å². The van der Waals surface area contributed by atoms with Gasteiger partial charge in [0.1, 0.15) is 0 Å². The topological polar surface area (TPSA) is 26.7 Å². The van der Waals surface area contributed by atoms with Crippen LogP contribution in [0.2, 0.25) is 0 Å². The van der Waals surface area contributed by atoms with Gasteiger partial charge in [0.05, 0.1) is 6.61 Å².